The summed E-state index contributed by atoms with van der Waals surface area (Å²) in [6, 6.07) is 10.6. The Morgan fingerprint density at radius 2 is 1.93 bits per heavy atom. The van der Waals surface area contributed by atoms with E-state index < -0.39 is 24.4 Å². The summed E-state index contributed by atoms with van der Waals surface area (Å²) in [6.45, 7) is 3.98. The van der Waals surface area contributed by atoms with Gasteiger partial charge in [-0.1, -0.05) is 23.8 Å². The van der Waals surface area contributed by atoms with Gasteiger partial charge in [-0.3, -0.25) is 0 Å². The highest BCUT2D eigenvalue weighted by molar-refractivity contribution is 7.19. The molecule has 1 fully saturated rings. The third-order valence-corrected chi connectivity index (χ3v) is 7.65. The van der Waals surface area contributed by atoms with E-state index in [9.17, 15) is 15.3 Å². The molecule has 1 saturated heterocycles. The molecule has 3 N–H and O–H groups in total. The van der Waals surface area contributed by atoms with E-state index in [1.165, 1.54) is 26.1 Å². The Morgan fingerprint density at radius 3 is 2.63 bits per heavy atom. The molecule has 1 aromatic carbocycles. The van der Waals surface area contributed by atoms with Gasteiger partial charge in [0.05, 0.1) is 32.0 Å². The maximum absolute atomic E-state index is 10.7. The van der Waals surface area contributed by atoms with Crippen LogP contribution in [0.1, 0.15) is 31.6 Å². The summed E-state index contributed by atoms with van der Waals surface area (Å²) in [5, 5.41) is 31.9. The first kappa shape index (κ1) is 21.5. The number of aliphatic hydroxyl groups is 3. The van der Waals surface area contributed by atoms with E-state index in [4.69, 9.17) is 9.47 Å². The molecular weight excluding hydrogens is 400 g/mol. The quantitative estimate of drug-likeness (QED) is 0.676. The van der Waals surface area contributed by atoms with Gasteiger partial charge < -0.3 is 24.8 Å². The first-order chi connectivity index (χ1) is 14.4. The fourth-order valence-electron chi connectivity index (χ4n) is 4.78. The van der Waals surface area contributed by atoms with Crippen LogP contribution in [-0.4, -0.2) is 53.5 Å². The second kappa shape index (κ2) is 8.81. The molecule has 0 amide bonds. The molecule has 2 heterocycles. The predicted octanol–water partition coefficient (Wildman–Crippen LogP) is 3.57. The second-order valence-corrected chi connectivity index (χ2v) is 9.53. The van der Waals surface area contributed by atoms with E-state index in [2.05, 4.69) is 37.3 Å². The molecule has 0 radical (unpaired) electrons. The van der Waals surface area contributed by atoms with Crippen LogP contribution in [0, 0.1) is 5.92 Å². The van der Waals surface area contributed by atoms with Crippen molar-refractivity contribution >= 4 is 21.4 Å². The summed E-state index contributed by atoms with van der Waals surface area (Å²) in [4.78, 5) is 1.30. The van der Waals surface area contributed by atoms with Gasteiger partial charge >= 0.3 is 0 Å². The molecule has 2 aliphatic rings. The number of fused-ring (bicyclic) bond motifs is 1. The molecular formula is C24H30O5S. The molecule has 1 aromatic heterocycles. The van der Waals surface area contributed by atoms with Crippen LogP contribution in [-0.2, 0) is 15.9 Å². The second-order valence-electron chi connectivity index (χ2n) is 8.36. The van der Waals surface area contributed by atoms with E-state index in [-0.39, 0.29) is 18.9 Å². The number of rotatable bonds is 5. The monoisotopic (exact) mass is 430 g/mol. The first-order valence-electron chi connectivity index (χ1n) is 10.5. The standard InChI is InChI=1S/C24H30O5S/c1-13-14(2)23(28-3)19(24-22(27)20(26)11-17(12-25)29-24)10-16(13)9-18-8-15-6-4-5-7-21(15)30-18/h4-8,17,19-20,22,24-27H,9-12H2,1-3H3. The van der Waals surface area contributed by atoms with Gasteiger partial charge in [0.15, 0.2) is 0 Å². The van der Waals surface area contributed by atoms with Crippen molar-refractivity contribution in [3.8, 4) is 0 Å². The van der Waals surface area contributed by atoms with E-state index in [1.54, 1.807) is 7.11 Å². The van der Waals surface area contributed by atoms with Crippen molar-refractivity contribution in [1.82, 2.24) is 0 Å². The Morgan fingerprint density at radius 1 is 1.17 bits per heavy atom. The molecule has 0 bridgehead atoms. The number of ether oxygens (including phenoxy) is 2. The lowest BCUT2D eigenvalue weighted by Crippen LogP contribution is -2.53. The Labute approximate surface area is 181 Å². The van der Waals surface area contributed by atoms with Gasteiger partial charge in [0.25, 0.3) is 0 Å². The minimum Gasteiger partial charge on any atom is -0.500 e. The average Bonchev–Trinajstić information content (AvgIpc) is 3.15. The van der Waals surface area contributed by atoms with Crippen LogP contribution < -0.4 is 0 Å². The van der Waals surface area contributed by atoms with Crippen molar-refractivity contribution in [2.24, 2.45) is 5.92 Å². The molecule has 162 valence electrons. The fraction of sp³-hybridized carbons (Fsp3) is 0.500. The number of thiophene rings is 1. The van der Waals surface area contributed by atoms with Crippen molar-refractivity contribution in [3.63, 3.8) is 0 Å². The lowest BCUT2D eigenvalue weighted by atomic mass is 9.77. The summed E-state index contributed by atoms with van der Waals surface area (Å²) >= 11 is 1.81. The lowest BCUT2D eigenvalue weighted by Gasteiger charge is -2.42. The molecule has 1 aliphatic heterocycles. The van der Waals surface area contributed by atoms with Gasteiger partial charge in [-0.15, -0.1) is 11.3 Å². The van der Waals surface area contributed by atoms with Crippen molar-refractivity contribution in [2.75, 3.05) is 13.7 Å². The minimum absolute atomic E-state index is 0.179. The molecule has 5 nitrogen and oxygen atoms in total. The van der Waals surface area contributed by atoms with Gasteiger partial charge in [-0.25, -0.2) is 0 Å². The Bertz CT molecular complexity index is 942. The van der Waals surface area contributed by atoms with E-state index in [0.29, 0.717) is 6.42 Å². The summed E-state index contributed by atoms with van der Waals surface area (Å²) in [5.41, 5.74) is 3.56. The third-order valence-electron chi connectivity index (χ3n) is 6.53. The number of hydrogen-bond acceptors (Lipinski definition) is 6. The molecule has 5 atom stereocenters. The number of allylic oxidation sites excluding steroid dienone is 3. The Kier molecular flexibility index (Phi) is 6.32. The smallest absolute Gasteiger partial charge is 0.107 e. The zero-order chi connectivity index (χ0) is 21.4. The zero-order valence-corrected chi connectivity index (χ0v) is 18.5. The number of benzene rings is 1. The van der Waals surface area contributed by atoms with Crippen LogP contribution in [0.15, 0.2) is 52.8 Å². The Hall–Kier alpha value is -1.70. The van der Waals surface area contributed by atoms with Crippen LogP contribution in [0.25, 0.3) is 10.1 Å². The maximum atomic E-state index is 10.7. The van der Waals surface area contributed by atoms with Crippen LogP contribution in [0.3, 0.4) is 0 Å². The van der Waals surface area contributed by atoms with Gasteiger partial charge in [0.1, 0.15) is 11.9 Å². The topological polar surface area (TPSA) is 79.2 Å². The van der Waals surface area contributed by atoms with Gasteiger partial charge in [0.2, 0.25) is 0 Å². The number of methoxy groups -OCH3 is 1. The fourth-order valence-corrected chi connectivity index (χ4v) is 5.89. The highest BCUT2D eigenvalue weighted by Crippen LogP contribution is 2.42. The molecule has 4 rings (SSSR count). The van der Waals surface area contributed by atoms with Gasteiger partial charge in [0, 0.05) is 28.3 Å². The van der Waals surface area contributed by atoms with Gasteiger partial charge in [-0.05, 0) is 48.9 Å². The largest absolute Gasteiger partial charge is 0.500 e. The third kappa shape index (κ3) is 3.95. The lowest BCUT2D eigenvalue weighted by molar-refractivity contribution is -0.192. The van der Waals surface area contributed by atoms with Crippen LogP contribution in [0.4, 0.5) is 0 Å². The summed E-state index contributed by atoms with van der Waals surface area (Å²) < 4.78 is 13.1. The molecule has 0 spiro atoms. The minimum atomic E-state index is -1.01. The van der Waals surface area contributed by atoms with Crippen LogP contribution in [0.2, 0.25) is 0 Å². The van der Waals surface area contributed by atoms with E-state index >= 15 is 0 Å². The van der Waals surface area contributed by atoms with Gasteiger partial charge in [-0.2, -0.15) is 0 Å². The maximum Gasteiger partial charge on any atom is 0.107 e. The highest BCUT2D eigenvalue weighted by Gasteiger charge is 2.44. The summed E-state index contributed by atoms with van der Waals surface area (Å²) in [6.07, 6.45) is -1.28. The normalized spacial score (nSPS) is 30.3. The average molecular weight is 431 g/mol. The number of hydrogen-bond donors (Lipinski definition) is 3. The van der Waals surface area contributed by atoms with E-state index in [0.717, 1.165) is 17.8 Å². The van der Waals surface area contributed by atoms with E-state index in [1.807, 2.05) is 18.3 Å². The molecule has 2 aromatic rings. The molecule has 0 saturated carbocycles. The van der Waals surface area contributed by atoms with Crippen molar-refractivity contribution in [1.29, 1.82) is 0 Å². The van der Waals surface area contributed by atoms with Crippen LogP contribution >= 0.6 is 11.3 Å². The zero-order valence-electron chi connectivity index (χ0n) is 17.7. The first-order valence-corrected chi connectivity index (χ1v) is 11.3. The highest BCUT2D eigenvalue weighted by atomic mass is 32.1. The molecule has 30 heavy (non-hydrogen) atoms. The summed E-state index contributed by atoms with van der Waals surface area (Å²) in [7, 11) is 1.64. The Balaban J connectivity index is 1.65. The number of aliphatic hydroxyl groups excluding tert-OH is 3. The van der Waals surface area contributed by atoms with Crippen molar-refractivity contribution < 1.29 is 24.8 Å². The molecule has 5 unspecified atom stereocenters. The van der Waals surface area contributed by atoms with Crippen LogP contribution in [0.5, 0.6) is 0 Å². The summed E-state index contributed by atoms with van der Waals surface area (Å²) in [5.74, 6) is 0.588. The SMILES string of the molecule is COC1=C(C)C(C)=C(Cc2cc3ccccc3s2)CC1C1OC(CO)CC(O)C1O. The molecule has 1 aliphatic carbocycles. The molecule has 6 heteroatoms. The van der Waals surface area contributed by atoms with Crippen molar-refractivity contribution in [3.05, 3.63) is 57.7 Å². The predicted molar refractivity (Wildman–Crippen MR) is 118 cm³/mol. The van der Waals surface area contributed by atoms with Crippen molar-refractivity contribution in [2.45, 2.75) is 57.5 Å².